The third-order valence-electron chi connectivity index (χ3n) is 2.35. The lowest BCUT2D eigenvalue weighted by molar-refractivity contribution is 0.0608. The molecule has 1 saturated heterocycles. The second-order valence-electron chi connectivity index (χ2n) is 3.41. The molecular weight excluding hydrogens is 230 g/mol. The number of carbonyl (C=O) groups is 1. The number of nitrogens with zero attached hydrogens (tertiary/aromatic N) is 5. The molecule has 16 heavy (non-hydrogen) atoms. The van der Waals surface area contributed by atoms with Crippen molar-refractivity contribution in [2.24, 2.45) is 5.11 Å². The number of likely N-dealkylation sites (tertiary alicyclic amines) is 1. The van der Waals surface area contributed by atoms with Crippen LogP contribution in [0.3, 0.4) is 0 Å². The normalized spacial score (nSPS) is 15.2. The van der Waals surface area contributed by atoms with Crippen molar-refractivity contribution in [2.75, 3.05) is 13.1 Å². The molecule has 1 aliphatic heterocycles. The second-order valence-corrected chi connectivity index (χ2v) is 3.77. The second kappa shape index (κ2) is 4.38. The first kappa shape index (κ1) is 10.7. The summed E-state index contributed by atoms with van der Waals surface area (Å²) in [5, 5.41) is 3.71. The van der Waals surface area contributed by atoms with Gasteiger partial charge in [0.15, 0.2) is 0 Å². The first-order chi connectivity index (χ1) is 7.72. The molecule has 1 aromatic rings. The molecule has 6 nitrogen and oxygen atoms in total. The summed E-state index contributed by atoms with van der Waals surface area (Å²) in [6, 6.07) is 3.16. The molecule has 0 radical (unpaired) electrons. The zero-order valence-corrected chi connectivity index (χ0v) is 9.00. The average molecular weight is 238 g/mol. The van der Waals surface area contributed by atoms with E-state index in [-0.39, 0.29) is 17.1 Å². The minimum atomic E-state index is -0.178. The van der Waals surface area contributed by atoms with Crippen molar-refractivity contribution in [3.63, 3.8) is 0 Å². The number of hydrogen-bond acceptors (Lipinski definition) is 3. The van der Waals surface area contributed by atoms with Crippen LogP contribution in [0.2, 0.25) is 5.15 Å². The summed E-state index contributed by atoms with van der Waals surface area (Å²) in [6.07, 6.45) is 1.53. The molecule has 0 aromatic carbocycles. The smallest absolute Gasteiger partial charge is 0.257 e. The fraction of sp³-hybridized carbons (Fsp3) is 0.333. The third kappa shape index (κ3) is 1.93. The van der Waals surface area contributed by atoms with Crippen LogP contribution in [0.4, 0.5) is 0 Å². The first-order valence-corrected chi connectivity index (χ1v) is 5.04. The molecule has 0 spiro atoms. The van der Waals surface area contributed by atoms with Gasteiger partial charge < -0.3 is 4.90 Å². The monoisotopic (exact) mass is 237 g/mol. The molecule has 7 heteroatoms. The SMILES string of the molecule is [N-]=[N+]=NC1CN(C(=O)c2cccnc2Cl)C1. The van der Waals surface area contributed by atoms with Crippen LogP contribution in [0.1, 0.15) is 10.4 Å². The van der Waals surface area contributed by atoms with E-state index in [1.54, 1.807) is 17.0 Å². The Balaban J connectivity index is 2.06. The lowest BCUT2D eigenvalue weighted by Gasteiger charge is -2.36. The van der Waals surface area contributed by atoms with E-state index >= 15 is 0 Å². The fourth-order valence-corrected chi connectivity index (χ4v) is 1.68. The van der Waals surface area contributed by atoms with Crippen LogP contribution < -0.4 is 0 Å². The van der Waals surface area contributed by atoms with E-state index < -0.39 is 0 Å². The van der Waals surface area contributed by atoms with Crippen molar-refractivity contribution in [1.82, 2.24) is 9.88 Å². The zero-order valence-electron chi connectivity index (χ0n) is 8.25. The van der Waals surface area contributed by atoms with Gasteiger partial charge in [0.1, 0.15) is 5.15 Å². The van der Waals surface area contributed by atoms with Crippen molar-refractivity contribution in [3.8, 4) is 0 Å². The summed E-state index contributed by atoms with van der Waals surface area (Å²) in [4.78, 5) is 20.0. The van der Waals surface area contributed by atoms with Gasteiger partial charge in [-0.15, -0.1) is 0 Å². The summed E-state index contributed by atoms with van der Waals surface area (Å²) in [5.41, 5.74) is 8.59. The van der Waals surface area contributed by atoms with Crippen LogP contribution in [-0.4, -0.2) is 34.9 Å². The van der Waals surface area contributed by atoms with E-state index in [1.165, 1.54) is 6.20 Å². The molecule has 1 amide bonds. The van der Waals surface area contributed by atoms with Gasteiger partial charge in [-0.25, -0.2) is 4.98 Å². The molecule has 2 rings (SSSR count). The number of aromatic nitrogens is 1. The van der Waals surface area contributed by atoms with Crippen molar-refractivity contribution >= 4 is 17.5 Å². The van der Waals surface area contributed by atoms with Crippen molar-refractivity contribution in [3.05, 3.63) is 39.5 Å². The van der Waals surface area contributed by atoms with Gasteiger partial charge in [0.25, 0.3) is 5.91 Å². The lowest BCUT2D eigenvalue weighted by Crippen LogP contribution is -2.52. The Kier molecular flexibility index (Phi) is 2.94. The summed E-state index contributed by atoms with van der Waals surface area (Å²) in [5.74, 6) is -0.178. The molecule has 0 atom stereocenters. The predicted octanol–water partition coefficient (Wildman–Crippen LogP) is 1.87. The first-order valence-electron chi connectivity index (χ1n) is 4.66. The number of amides is 1. The van der Waals surface area contributed by atoms with Gasteiger partial charge in [-0.1, -0.05) is 16.7 Å². The predicted molar refractivity (Wildman–Crippen MR) is 58.1 cm³/mol. The molecule has 82 valence electrons. The van der Waals surface area contributed by atoms with Crippen LogP contribution in [0.25, 0.3) is 10.4 Å². The van der Waals surface area contributed by atoms with Crippen LogP contribution in [0.15, 0.2) is 23.4 Å². The van der Waals surface area contributed by atoms with Gasteiger partial charge in [0, 0.05) is 24.2 Å². The quantitative estimate of drug-likeness (QED) is 0.340. The lowest BCUT2D eigenvalue weighted by atomic mass is 10.1. The highest BCUT2D eigenvalue weighted by Gasteiger charge is 2.31. The maximum atomic E-state index is 11.9. The number of pyridine rings is 1. The number of rotatable bonds is 2. The maximum Gasteiger partial charge on any atom is 0.257 e. The number of azide groups is 1. The van der Waals surface area contributed by atoms with Crippen LogP contribution in [-0.2, 0) is 0 Å². The van der Waals surface area contributed by atoms with Crippen molar-refractivity contribution < 1.29 is 4.79 Å². The third-order valence-corrected chi connectivity index (χ3v) is 2.66. The Bertz CT molecular complexity index is 465. The molecule has 0 N–H and O–H groups in total. The van der Waals surface area contributed by atoms with E-state index in [0.717, 1.165) is 0 Å². The summed E-state index contributed by atoms with van der Waals surface area (Å²) < 4.78 is 0. The van der Waals surface area contributed by atoms with Crippen molar-refractivity contribution in [1.29, 1.82) is 0 Å². The minimum Gasteiger partial charge on any atom is -0.338 e. The Morgan fingerprint density at radius 2 is 2.44 bits per heavy atom. The van der Waals surface area contributed by atoms with Crippen LogP contribution in [0.5, 0.6) is 0 Å². The Labute approximate surface area is 96.5 Å². The molecule has 2 heterocycles. The highest BCUT2D eigenvalue weighted by Crippen LogP contribution is 2.19. The molecule has 1 aromatic heterocycles. The van der Waals surface area contributed by atoms with E-state index in [1.807, 2.05) is 0 Å². The topological polar surface area (TPSA) is 82.0 Å². The molecule has 0 bridgehead atoms. The summed E-state index contributed by atoms with van der Waals surface area (Å²) in [6.45, 7) is 0.877. The van der Waals surface area contributed by atoms with Gasteiger partial charge in [-0.3, -0.25) is 4.79 Å². The standard InChI is InChI=1S/C9H8ClN5O/c10-8-7(2-1-3-12-8)9(16)15-4-6(5-15)13-14-11/h1-3,6H,4-5H2. The van der Waals surface area contributed by atoms with Crippen LogP contribution in [0, 0.1) is 0 Å². The number of carbonyl (C=O) groups excluding carboxylic acids is 1. The average Bonchev–Trinajstić information content (AvgIpc) is 2.22. The van der Waals surface area contributed by atoms with Gasteiger partial charge in [0.2, 0.25) is 0 Å². The fourth-order valence-electron chi connectivity index (χ4n) is 1.48. The summed E-state index contributed by atoms with van der Waals surface area (Å²) >= 11 is 5.80. The number of halogens is 1. The largest absolute Gasteiger partial charge is 0.338 e. The molecule has 1 aliphatic rings. The van der Waals surface area contributed by atoms with E-state index in [4.69, 9.17) is 17.1 Å². The van der Waals surface area contributed by atoms with E-state index in [9.17, 15) is 4.79 Å². The Hall–Kier alpha value is -1.78. The Morgan fingerprint density at radius 1 is 1.69 bits per heavy atom. The van der Waals surface area contributed by atoms with Crippen LogP contribution >= 0.6 is 11.6 Å². The molecular formula is C9H8ClN5O. The Morgan fingerprint density at radius 3 is 3.06 bits per heavy atom. The van der Waals surface area contributed by atoms with Gasteiger partial charge in [-0.05, 0) is 17.7 Å². The van der Waals surface area contributed by atoms with Gasteiger partial charge in [-0.2, -0.15) is 0 Å². The van der Waals surface area contributed by atoms with Gasteiger partial charge in [0.05, 0.1) is 11.6 Å². The summed E-state index contributed by atoms with van der Waals surface area (Å²) in [7, 11) is 0. The molecule has 1 fully saturated rings. The van der Waals surface area contributed by atoms with Gasteiger partial charge >= 0.3 is 0 Å². The zero-order chi connectivity index (χ0) is 11.5. The maximum absolute atomic E-state index is 11.9. The highest BCUT2D eigenvalue weighted by atomic mass is 35.5. The molecule has 0 saturated carbocycles. The molecule has 0 aliphatic carbocycles. The minimum absolute atomic E-state index is 0.121. The van der Waals surface area contributed by atoms with E-state index in [2.05, 4.69) is 15.0 Å². The molecule has 0 unspecified atom stereocenters. The number of hydrogen-bond donors (Lipinski definition) is 0. The van der Waals surface area contributed by atoms with Crippen molar-refractivity contribution in [2.45, 2.75) is 6.04 Å². The van der Waals surface area contributed by atoms with E-state index in [0.29, 0.717) is 18.7 Å². The highest BCUT2D eigenvalue weighted by molar-refractivity contribution is 6.32.